The fourth-order valence-electron chi connectivity index (χ4n) is 2.35. The van der Waals surface area contributed by atoms with E-state index >= 15 is 0 Å². The van der Waals surface area contributed by atoms with Gasteiger partial charge < -0.3 is 20.9 Å². The van der Waals surface area contributed by atoms with Gasteiger partial charge in [-0.25, -0.2) is 0 Å². The number of carboxylic acids is 1. The number of nitrogens with one attached hydrogen (secondary N) is 1. The zero-order valence-electron chi connectivity index (χ0n) is 11.5. The molecule has 4 N–H and O–H groups in total. The number of hydrogen-bond acceptors (Lipinski definition) is 4. The Hall–Kier alpha value is -1.35. The Bertz CT molecular complexity index is 389. The Morgan fingerprint density at radius 2 is 2.00 bits per heavy atom. The van der Waals surface area contributed by atoms with Gasteiger partial charge in [0.1, 0.15) is 0 Å². The maximum atomic E-state index is 12.3. The lowest BCUT2D eigenvalue weighted by molar-refractivity contribution is -0.176. The first-order chi connectivity index (χ1) is 9.66. The van der Waals surface area contributed by atoms with Gasteiger partial charge in [0.15, 0.2) is 0 Å². The van der Waals surface area contributed by atoms with E-state index in [9.17, 15) is 22.8 Å². The van der Waals surface area contributed by atoms with Crippen molar-refractivity contribution in [3.63, 3.8) is 0 Å². The average molecular weight is 312 g/mol. The zero-order chi connectivity index (χ0) is 16.2. The van der Waals surface area contributed by atoms with Crippen LogP contribution in [0.15, 0.2) is 0 Å². The van der Waals surface area contributed by atoms with Gasteiger partial charge in [0.25, 0.3) is 0 Å². The molecule has 122 valence electrons. The summed E-state index contributed by atoms with van der Waals surface area (Å²) in [5.41, 5.74) is 5.74. The number of amides is 1. The smallest absolute Gasteiger partial charge is 0.471 e. The molecule has 6 nitrogen and oxygen atoms in total. The summed E-state index contributed by atoms with van der Waals surface area (Å²) in [6, 6.07) is -1.96. The summed E-state index contributed by atoms with van der Waals surface area (Å²) in [4.78, 5) is 22.1. The van der Waals surface area contributed by atoms with Crippen molar-refractivity contribution in [2.45, 2.75) is 50.6 Å². The molecule has 1 unspecified atom stereocenters. The lowest BCUT2D eigenvalue weighted by Gasteiger charge is -2.39. The highest BCUT2D eigenvalue weighted by Crippen LogP contribution is 2.28. The molecule has 0 aromatic carbocycles. The number of halogens is 3. The van der Waals surface area contributed by atoms with Crippen molar-refractivity contribution in [1.29, 1.82) is 0 Å². The summed E-state index contributed by atoms with van der Waals surface area (Å²) < 4.78 is 42.4. The van der Waals surface area contributed by atoms with Gasteiger partial charge in [0.05, 0.1) is 18.1 Å². The third-order valence-corrected chi connectivity index (χ3v) is 3.38. The monoisotopic (exact) mass is 312 g/mol. The predicted octanol–water partition coefficient (Wildman–Crippen LogP) is 0.651. The molecule has 21 heavy (non-hydrogen) atoms. The number of aliphatic carboxylic acids is 1. The first-order valence-corrected chi connectivity index (χ1v) is 6.64. The van der Waals surface area contributed by atoms with Crippen molar-refractivity contribution in [2.75, 3.05) is 6.61 Å². The Labute approximate surface area is 119 Å². The quantitative estimate of drug-likeness (QED) is 0.692. The van der Waals surface area contributed by atoms with E-state index < -0.39 is 42.2 Å². The van der Waals surface area contributed by atoms with Crippen molar-refractivity contribution >= 4 is 11.9 Å². The van der Waals surface area contributed by atoms with Crippen LogP contribution in [0, 0.1) is 5.92 Å². The van der Waals surface area contributed by atoms with Crippen LogP contribution in [0.25, 0.3) is 0 Å². The summed E-state index contributed by atoms with van der Waals surface area (Å²) in [6.45, 7) is 2.06. The van der Waals surface area contributed by atoms with E-state index in [-0.39, 0.29) is 19.4 Å². The SMILES string of the molecule is CCCO[C@@H]1CC(C(=O)O)C[C@H](N)[C@H]1NC(=O)C(F)(F)F. The first-order valence-electron chi connectivity index (χ1n) is 6.64. The van der Waals surface area contributed by atoms with Crippen LogP contribution >= 0.6 is 0 Å². The molecule has 9 heteroatoms. The highest BCUT2D eigenvalue weighted by Gasteiger charge is 2.45. The number of ether oxygens (including phenoxy) is 1. The number of alkyl halides is 3. The third-order valence-electron chi connectivity index (χ3n) is 3.38. The molecule has 0 bridgehead atoms. The van der Waals surface area contributed by atoms with Gasteiger partial charge in [0, 0.05) is 12.6 Å². The molecule has 0 radical (unpaired) electrons. The number of rotatable bonds is 5. The van der Waals surface area contributed by atoms with E-state index in [4.69, 9.17) is 15.6 Å². The molecule has 1 amide bonds. The van der Waals surface area contributed by atoms with Crippen molar-refractivity contribution in [2.24, 2.45) is 11.7 Å². The second kappa shape index (κ2) is 7.08. The minimum atomic E-state index is -5.02. The van der Waals surface area contributed by atoms with E-state index in [0.29, 0.717) is 6.42 Å². The van der Waals surface area contributed by atoms with Crippen molar-refractivity contribution in [3.8, 4) is 0 Å². The van der Waals surface area contributed by atoms with Gasteiger partial charge in [0.2, 0.25) is 0 Å². The minimum absolute atomic E-state index is 0.00980. The van der Waals surface area contributed by atoms with Crippen LogP contribution in [0.1, 0.15) is 26.2 Å². The largest absolute Gasteiger partial charge is 0.481 e. The third kappa shape index (κ3) is 4.85. The maximum Gasteiger partial charge on any atom is 0.471 e. The standard InChI is InChI=1S/C12H19F3N2O4/c1-2-3-21-8-5-6(10(18)19)4-7(16)9(8)17-11(20)12(13,14)15/h6-9H,2-5,16H2,1H3,(H,17,20)(H,18,19)/t6?,7-,8+,9+/m0/s1. The molecular weight excluding hydrogens is 293 g/mol. The Kier molecular flexibility index (Phi) is 5.97. The zero-order valence-corrected chi connectivity index (χ0v) is 11.5. The van der Waals surface area contributed by atoms with Crippen LogP contribution in [0.5, 0.6) is 0 Å². The fourth-order valence-corrected chi connectivity index (χ4v) is 2.35. The van der Waals surface area contributed by atoms with Crippen molar-refractivity contribution < 1.29 is 32.6 Å². The second-order valence-corrected chi connectivity index (χ2v) is 5.08. The molecule has 0 heterocycles. The summed E-state index contributed by atoms with van der Waals surface area (Å²) >= 11 is 0. The van der Waals surface area contributed by atoms with Gasteiger partial charge in [-0.1, -0.05) is 6.92 Å². The fraction of sp³-hybridized carbons (Fsp3) is 0.833. The lowest BCUT2D eigenvalue weighted by atomic mass is 9.80. The Morgan fingerprint density at radius 3 is 2.48 bits per heavy atom. The average Bonchev–Trinajstić information content (AvgIpc) is 2.37. The van der Waals surface area contributed by atoms with Crippen LogP contribution in [-0.2, 0) is 14.3 Å². The molecule has 1 saturated carbocycles. The summed E-state index contributed by atoms with van der Waals surface area (Å²) in [5, 5.41) is 10.8. The van der Waals surface area contributed by atoms with Gasteiger partial charge in [-0.15, -0.1) is 0 Å². The van der Waals surface area contributed by atoms with Crippen LogP contribution in [-0.4, -0.2) is 48.0 Å². The molecule has 1 aliphatic carbocycles. The molecule has 4 atom stereocenters. The molecule has 0 spiro atoms. The van der Waals surface area contributed by atoms with Gasteiger partial charge in [-0.05, 0) is 19.3 Å². The number of hydrogen-bond donors (Lipinski definition) is 3. The van der Waals surface area contributed by atoms with E-state index in [1.807, 2.05) is 5.32 Å². The molecule has 1 rings (SSSR count). The topological polar surface area (TPSA) is 102 Å². The molecular formula is C12H19F3N2O4. The maximum absolute atomic E-state index is 12.3. The van der Waals surface area contributed by atoms with E-state index in [1.54, 1.807) is 6.92 Å². The van der Waals surface area contributed by atoms with E-state index in [2.05, 4.69) is 0 Å². The molecule has 0 aromatic heterocycles. The van der Waals surface area contributed by atoms with Gasteiger partial charge in [-0.3, -0.25) is 9.59 Å². The number of nitrogens with two attached hydrogens (primary N) is 1. The lowest BCUT2D eigenvalue weighted by Crippen LogP contribution is -2.61. The van der Waals surface area contributed by atoms with Crippen LogP contribution in [0.2, 0.25) is 0 Å². The highest BCUT2D eigenvalue weighted by atomic mass is 19.4. The van der Waals surface area contributed by atoms with Crippen LogP contribution in [0.3, 0.4) is 0 Å². The molecule has 1 fully saturated rings. The van der Waals surface area contributed by atoms with Crippen molar-refractivity contribution in [1.82, 2.24) is 5.32 Å². The molecule has 0 aliphatic heterocycles. The van der Waals surface area contributed by atoms with E-state index in [0.717, 1.165) is 0 Å². The Balaban J connectivity index is 2.82. The molecule has 0 aromatic rings. The number of carbonyl (C=O) groups excluding carboxylic acids is 1. The van der Waals surface area contributed by atoms with Crippen molar-refractivity contribution in [3.05, 3.63) is 0 Å². The summed E-state index contributed by atoms with van der Waals surface area (Å²) in [5.74, 6) is -3.96. The van der Waals surface area contributed by atoms with Gasteiger partial charge in [-0.2, -0.15) is 13.2 Å². The summed E-state index contributed by atoms with van der Waals surface area (Å²) in [7, 11) is 0. The predicted molar refractivity (Wildman–Crippen MR) is 66.4 cm³/mol. The number of carbonyl (C=O) groups is 2. The van der Waals surface area contributed by atoms with Crippen LogP contribution in [0.4, 0.5) is 13.2 Å². The first kappa shape index (κ1) is 17.7. The second-order valence-electron chi connectivity index (χ2n) is 5.08. The Morgan fingerprint density at radius 1 is 1.38 bits per heavy atom. The normalized spacial score (nSPS) is 30.0. The van der Waals surface area contributed by atoms with Gasteiger partial charge >= 0.3 is 18.1 Å². The van der Waals surface area contributed by atoms with E-state index in [1.165, 1.54) is 0 Å². The number of carboxylic acid groups (broad SMARTS) is 1. The highest BCUT2D eigenvalue weighted by molar-refractivity contribution is 5.82. The molecule has 1 aliphatic rings. The molecule has 0 saturated heterocycles. The minimum Gasteiger partial charge on any atom is -0.481 e. The van der Waals surface area contributed by atoms with Crippen LogP contribution < -0.4 is 11.1 Å². The summed E-state index contributed by atoms with van der Waals surface area (Å²) in [6.07, 6.45) is -5.24.